The van der Waals surface area contributed by atoms with Gasteiger partial charge in [0.2, 0.25) is 0 Å². The zero-order valence-electron chi connectivity index (χ0n) is 8.25. The van der Waals surface area contributed by atoms with Crippen molar-refractivity contribution in [1.29, 1.82) is 0 Å². The topological polar surface area (TPSA) is 38.7 Å². The van der Waals surface area contributed by atoms with Crippen LogP contribution in [0.1, 0.15) is 26.2 Å². The van der Waals surface area contributed by atoms with E-state index in [1.54, 1.807) is 14.2 Å². The van der Waals surface area contributed by atoms with Crippen molar-refractivity contribution in [3.8, 4) is 0 Å². The van der Waals surface area contributed by atoms with Gasteiger partial charge in [0.25, 0.3) is 0 Å². The SMILES string of the molecule is CCCCC(CO)C(OC)OC. The Labute approximate surface area is 74.7 Å². The number of methoxy groups -OCH3 is 2. The summed E-state index contributed by atoms with van der Waals surface area (Å²) in [6.45, 7) is 2.26. The molecule has 0 bridgehead atoms. The van der Waals surface area contributed by atoms with Gasteiger partial charge in [0, 0.05) is 20.1 Å². The lowest BCUT2D eigenvalue weighted by molar-refractivity contribution is -0.147. The molecule has 1 N–H and O–H groups in total. The maximum atomic E-state index is 9.03. The Bertz CT molecular complexity index is 91.8. The smallest absolute Gasteiger partial charge is 0.161 e. The number of ether oxygens (including phenoxy) is 2. The first-order chi connectivity index (χ1) is 5.79. The number of unbranched alkanes of at least 4 members (excludes halogenated alkanes) is 1. The van der Waals surface area contributed by atoms with Gasteiger partial charge in [-0.2, -0.15) is 0 Å². The maximum absolute atomic E-state index is 9.03. The van der Waals surface area contributed by atoms with Gasteiger partial charge >= 0.3 is 0 Å². The van der Waals surface area contributed by atoms with Crippen molar-refractivity contribution >= 4 is 0 Å². The summed E-state index contributed by atoms with van der Waals surface area (Å²) in [6, 6.07) is 0. The Hall–Kier alpha value is -0.120. The lowest BCUT2D eigenvalue weighted by atomic mass is 10.0. The first-order valence-electron chi connectivity index (χ1n) is 4.46. The molecule has 0 saturated heterocycles. The van der Waals surface area contributed by atoms with E-state index in [4.69, 9.17) is 14.6 Å². The second-order valence-electron chi connectivity index (χ2n) is 2.92. The molecule has 3 heteroatoms. The Kier molecular flexibility index (Phi) is 7.45. The molecule has 12 heavy (non-hydrogen) atoms. The first-order valence-corrected chi connectivity index (χ1v) is 4.46. The van der Waals surface area contributed by atoms with E-state index in [1.165, 1.54) is 0 Å². The third kappa shape index (κ3) is 4.04. The van der Waals surface area contributed by atoms with Crippen LogP contribution in [-0.4, -0.2) is 32.2 Å². The van der Waals surface area contributed by atoms with Crippen LogP contribution < -0.4 is 0 Å². The van der Waals surface area contributed by atoms with Gasteiger partial charge in [-0.15, -0.1) is 0 Å². The van der Waals surface area contributed by atoms with E-state index in [9.17, 15) is 0 Å². The summed E-state index contributed by atoms with van der Waals surface area (Å²) in [6.07, 6.45) is 2.94. The largest absolute Gasteiger partial charge is 0.396 e. The van der Waals surface area contributed by atoms with Crippen molar-refractivity contribution in [2.75, 3.05) is 20.8 Å². The average molecular weight is 176 g/mol. The van der Waals surface area contributed by atoms with E-state index >= 15 is 0 Å². The fourth-order valence-electron chi connectivity index (χ4n) is 1.26. The van der Waals surface area contributed by atoms with Crippen LogP contribution >= 0.6 is 0 Å². The molecule has 0 aromatic heterocycles. The molecule has 0 aliphatic carbocycles. The molecule has 0 heterocycles. The minimum Gasteiger partial charge on any atom is -0.396 e. The van der Waals surface area contributed by atoms with E-state index < -0.39 is 0 Å². The zero-order chi connectivity index (χ0) is 9.40. The van der Waals surface area contributed by atoms with Crippen molar-refractivity contribution in [2.45, 2.75) is 32.5 Å². The molecule has 0 spiro atoms. The summed E-state index contributed by atoms with van der Waals surface area (Å²) < 4.78 is 10.1. The van der Waals surface area contributed by atoms with Crippen molar-refractivity contribution in [3.05, 3.63) is 0 Å². The van der Waals surface area contributed by atoms with Crippen LogP contribution in [0.3, 0.4) is 0 Å². The molecule has 0 rings (SSSR count). The molecule has 74 valence electrons. The van der Waals surface area contributed by atoms with Gasteiger partial charge < -0.3 is 14.6 Å². The summed E-state index contributed by atoms with van der Waals surface area (Å²) in [4.78, 5) is 0. The Morgan fingerprint density at radius 1 is 1.25 bits per heavy atom. The molecule has 0 radical (unpaired) electrons. The van der Waals surface area contributed by atoms with Crippen LogP contribution in [0.2, 0.25) is 0 Å². The van der Waals surface area contributed by atoms with Gasteiger partial charge in [0.1, 0.15) is 0 Å². The number of hydrogen-bond acceptors (Lipinski definition) is 3. The van der Waals surface area contributed by atoms with E-state index in [-0.39, 0.29) is 18.8 Å². The number of aliphatic hydroxyl groups is 1. The molecule has 0 amide bonds. The average Bonchev–Trinajstić information content (AvgIpc) is 2.12. The van der Waals surface area contributed by atoms with Crippen molar-refractivity contribution in [3.63, 3.8) is 0 Å². The quantitative estimate of drug-likeness (QED) is 0.596. The van der Waals surface area contributed by atoms with Crippen molar-refractivity contribution in [2.24, 2.45) is 5.92 Å². The van der Waals surface area contributed by atoms with Crippen molar-refractivity contribution < 1.29 is 14.6 Å². The fraction of sp³-hybridized carbons (Fsp3) is 1.00. The highest BCUT2D eigenvalue weighted by atomic mass is 16.7. The van der Waals surface area contributed by atoms with E-state index in [0.29, 0.717) is 0 Å². The molecule has 0 aromatic rings. The fourth-order valence-corrected chi connectivity index (χ4v) is 1.26. The third-order valence-corrected chi connectivity index (χ3v) is 2.01. The van der Waals surface area contributed by atoms with Gasteiger partial charge in [-0.25, -0.2) is 0 Å². The maximum Gasteiger partial charge on any atom is 0.161 e. The molecule has 0 saturated carbocycles. The molecular formula is C9H20O3. The van der Waals surface area contributed by atoms with Crippen LogP contribution in [0.4, 0.5) is 0 Å². The summed E-state index contributed by atoms with van der Waals surface area (Å²) >= 11 is 0. The minimum absolute atomic E-state index is 0.111. The lowest BCUT2D eigenvalue weighted by Crippen LogP contribution is -2.27. The zero-order valence-corrected chi connectivity index (χ0v) is 8.25. The normalized spacial score (nSPS) is 13.8. The molecule has 0 aliphatic heterocycles. The summed E-state index contributed by atoms with van der Waals surface area (Å²) in [5.74, 6) is 0.111. The summed E-state index contributed by atoms with van der Waals surface area (Å²) in [7, 11) is 3.20. The predicted octanol–water partition coefficient (Wildman–Crippen LogP) is 1.40. The molecule has 0 aromatic carbocycles. The highest BCUT2D eigenvalue weighted by molar-refractivity contribution is 4.61. The van der Waals surface area contributed by atoms with Gasteiger partial charge in [-0.05, 0) is 6.42 Å². The summed E-state index contributed by atoms with van der Waals surface area (Å²) in [5, 5.41) is 9.03. The van der Waals surface area contributed by atoms with Crippen LogP contribution in [-0.2, 0) is 9.47 Å². The highest BCUT2D eigenvalue weighted by Crippen LogP contribution is 2.15. The molecular weight excluding hydrogens is 156 g/mol. The van der Waals surface area contributed by atoms with Gasteiger partial charge in [-0.3, -0.25) is 0 Å². The molecule has 3 nitrogen and oxygen atoms in total. The molecule has 0 aliphatic rings. The van der Waals surface area contributed by atoms with Gasteiger partial charge in [0.05, 0.1) is 6.61 Å². The van der Waals surface area contributed by atoms with Crippen LogP contribution in [0.5, 0.6) is 0 Å². The first kappa shape index (κ1) is 11.9. The van der Waals surface area contributed by atoms with Crippen LogP contribution in [0, 0.1) is 5.92 Å². The number of hydrogen-bond donors (Lipinski definition) is 1. The third-order valence-electron chi connectivity index (χ3n) is 2.01. The highest BCUT2D eigenvalue weighted by Gasteiger charge is 2.18. The van der Waals surface area contributed by atoms with Crippen molar-refractivity contribution in [1.82, 2.24) is 0 Å². The van der Waals surface area contributed by atoms with Crippen LogP contribution in [0.25, 0.3) is 0 Å². The minimum atomic E-state index is -0.262. The second-order valence-corrected chi connectivity index (χ2v) is 2.92. The van der Waals surface area contributed by atoms with E-state index in [2.05, 4.69) is 6.92 Å². The van der Waals surface area contributed by atoms with E-state index in [0.717, 1.165) is 19.3 Å². The Balaban J connectivity index is 3.75. The second kappa shape index (κ2) is 7.53. The lowest BCUT2D eigenvalue weighted by Gasteiger charge is -2.22. The monoisotopic (exact) mass is 176 g/mol. The van der Waals surface area contributed by atoms with E-state index in [1.807, 2.05) is 0 Å². The predicted molar refractivity (Wildman–Crippen MR) is 47.9 cm³/mol. The number of rotatable bonds is 7. The Morgan fingerprint density at radius 2 is 1.83 bits per heavy atom. The molecule has 1 unspecified atom stereocenters. The number of aliphatic hydroxyl groups excluding tert-OH is 1. The standard InChI is InChI=1S/C9H20O3/c1-4-5-6-8(7-10)9(11-2)12-3/h8-10H,4-7H2,1-3H3. The summed E-state index contributed by atoms with van der Waals surface area (Å²) in [5.41, 5.74) is 0. The van der Waals surface area contributed by atoms with Gasteiger partial charge in [0.15, 0.2) is 6.29 Å². The molecule has 1 atom stereocenters. The molecule has 0 fully saturated rings. The van der Waals surface area contributed by atoms with Crippen LogP contribution in [0.15, 0.2) is 0 Å². The van der Waals surface area contributed by atoms with Gasteiger partial charge in [-0.1, -0.05) is 19.8 Å². The Morgan fingerprint density at radius 3 is 2.17 bits per heavy atom.